The molecule has 7 nitrogen and oxygen atoms in total. The number of carbonyl (C=O) groups excluding carboxylic acids is 1. The molecule has 106 valence electrons. The molecule has 0 bridgehead atoms. The number of aryl methyl sites for hydroxylation is 1. The number of esters is 1. The third-order valence-electron chi connectivity index (χ3n) is 2.63. The van der Waals surface area contributed by atoms with Gasteiger partial charge in [-0.15, -0.1) is 0 Å². The van der Waals surface area contributed by atoms with Gasteiger partial charge < -0.3 is 14.9 Å². The van der Waals surface area contributed by atoms with E-state index in [0.717, 1.165) is 5.69 Å². The zero-order chi connectivity index (χ0) is 14.4. The van der Waals surface area contributed by atoms with Gasteiger partial charge in [0, 0.05) is 6.42 Å². The highest BCUT2D eigenvalue weighted by Gasteiger charge is 2.19. The fourth-order valence-electron chi connectivity index (χ4n) is 1.76. The number of nitrogens with zero attached hydrogens (tertiary/aromatic N) is 3. The highest BCUT2D eigenvalue weighted by molar-refractivity contribution is 5.69. The third kappa shape index (κ3) is 4.35. The second-order valence-electron chi connectivity index (χ2n) is 4.47. The summed E-state index contributed by atoms with van der Waals surface area (Å²) in [6.45, 7) is 6.49. The van der Waals surface area contributed by atoms with E-state index in [9.17, 15) is 14.9 Å². The van der Waals surface area contributed by atoms with Crippen LogP contribution in [0.15, 0.2) is 6.07 Å². The normalized spacial score (nSPS) is 10.7. The van der Waals surface area contributed by atoms with Crippen molar-refractivity contribution in [1.29, 1.82) is 0 Å². The van der Waals surface area contributed by atoms with Crippen LogP contribution in [0.4, 0.5) is 5.82 Å². The van der Waals surface area contributed by atoms with E-state index in [-0.39, 0.29) is 17.7 Å². The quantitative estimate of drug-likeness (QED) is 0.430. The van der Waals surface area contributed by atoms with Gasteiger partial charge in [0.25, 0.3) is 0 Å². The zero-order valence-electron chi connectivity index (χ0n) is 11.5. The molecule has 0 saturated heterocycles. The van der Waals surface area contributed by atoms with Crippen LogP contribution < -0.4 is 0 Å². The second kappa shape index (κ2) is 6.86. The van der Waals surface area contributed by atoms with Crippen LogP contribution in [0.1, 0.15) is 45.2 Å². The Labute approximate surface area is 111 Å². The topological polar surface area (TPSA) is 87.3 Å². The molecular weight excluding hydrogens is 250 g/mol. The van der Waals surface area contributed by atoms with Crippen LogP contribution in [-0.2, 0) is 16.1 Å². The molecule has 0 amide bonds. The molecule has 1 aromatic rings. The van der Waals surface area contributed by atoms with E-state index in [1.54, 1.807) is 11.6 Å². The molecule has 0 aliphatic heterocycles. The van der Waals surface area contributed by atoms with Gasteiger partial charge in [-0.1, -0.05) is 13.8 Å². The minimum atomic E-state index is -0.506. The molecule has 0 unspecified atom stereocenters. The first-order valence-electron chi connectivity index (χ1n) is 6.33. The van der Waals surface area contributed by atoms with Gasteiger partial charge in [-0.3, -0.25) is 4.79 Å². The molecule has 0 radical (unpaired) electrons. The van der Waals surface area contributed by atoms with E-state index in [4.69, 9.17) is 4.74 Å². The fraction of sp³-hybridized carbons (Fsp3) is 0.667. The predicted octanol–water partition coefficient (Wildman–Crippen LogP) is 2.26. The standard InChI is InChI=1S/C12H19N3O4/c1-4-19-12(16)6-5-7-14-10(9(2)3)8-11(13-14)15(17)18/h8-9H,4-7H2,1-3H3. The molecule has 0 aliphatic carbocycles. The maximum Gasteiger partial charge on any atom is 0.390 e. The van der Waals surface area contributed by atoms with E-state index < -0.39 is 4.92 Å². The molecule has 0 N–H and O–H groups in total. The Morgan fingerprint density at radius 2 is 2.26 bits per heavy atom. The van der Waals surface area contributed by atoms with E-state index in [2.05, 4.69) is 5.10 Å². The van der Waals surface area contributed by atoms with Crippen molar-refractivity contribution in [3.05, 3.63) is 21.9 Å². The molecule has 1 aromatic heterocycles. The summed E-state index contributed by atoms with van der Waals surface area (Å²) in [7, 11) is 0. The number of rotatable bonds is 7. The van der Waals surface area contributed by atoms with Crippen LogP contribution in [0.2, 0.25) is 0 Å². The van der Waals surface area contributed by atoms with Gasteiger partial charge in [0.15, 0.2) is 0 Å². The molecule has 19 heavy (non-hydrogen) atoms. The number of aromatic nitrogens is 2. The SMILES string of the molecule is CCOC(=O)CCCn1nc([N+](=O)[O-])cc1C(C)C. The van der Waals surface area contributed by atoms with Crippen molar-refractivity contribution in [3.8, 4) is 0 Å². The van der Waals surface area contributed by atoms with Crippen LogP contribution in [0.3, 0.4) is 0 Å². The van der Waals surface area contributed by atoms with E-state index in [0.29, 0.717) is 26.0 Å². The van der Waals surface area contributed by atoms with E-state index >= 15 is 0 Å². The van der Waals surface area contributed by atoms with Crippen LogP contribution in [-0.4, -0.2) is 27.3 Å². The van der Waals surface area contributed by atoms with Crippen LogP contribution >= 0.6 is 0 Å². The Morgan fingerprint density at radius 1 is 1.58 bits per heavy atom. The maximum atomic E-state index is 11.2. The lowest BCUT2D eigenvalue weighted by Gasteiger charge is -2.05. The number of ether oxygens (including phenoxy) is 1. The summed E-state index contributed by atoms with van der Waals surface area (Å²) in [6, 6.07) is 1.48. The van der Waals surface area contributed by atoms with Gasteiger partial charge in [0.1, 0.15) is 0 Å². The van der Waals surface area contributed by atoms with Crippen LogP contribution in [0.25, 0.3) is 0 Å². The Hall–Kier alpha value is -1.92. The smallest absolute Gasteiger partial charge is 0.390 e. The van der Waals surface area contributed by atoms with E-state index in [1.165, 1.54) is 6.07 Å². The molecule has 0 aromatic carbocycles. The van der Waals surface area contributed by atoms with Crippen molar-refractivity contribution < 1.29 is 14.5 Å². The minimum Gasteiger partial charge on any atom is -0.466 e. The van der Waals surface area contributed by atoms with Crippen molar-refractivity contribution in [3.63, 3.8) is 0 Å². The first kappa shape index (κ1) is 15.1. The van der Waals surface area contributed by atoms with Gasteiger partial charge in [-0.2, -0.15) is 4.68 Å². The van der Waals surface area contributed by atoms with Crippen LogP contribution in [0.5, 0.6) is 0 Å². The van der Waals surface area contributed by atoms with Gasteiger partial charge in [-0.25, -0.2) is 0 Å². The molecule has 1 rings (SSSR count). The number of nitro groups is 1. The summed E-state index contributed by atoms with van der Waals surface area (Å²) in [6.07, 6.45) is 0.844. The number of carbonyl (C=O) groups is 1. The molecule has 0 aliphatic rings. The predicted molar refractivity (Wildman–Crippen MR) is 68.8 cm³/mol. The Morgan fingerprint density at radius 3 is 2.79 bits per heavy atom. The molecule has 0 fully saturated rings. The summed E-state index contributed by atoms with van der Waals surface area (Å²) in [5.41, 5.74) is 0.801. The average molecular weight is 269 g/mol. The molecule has 7 heteroatoms. The highest BCUT2D eigenvalue weighted by Crippen LogP contribution is 2.20. The van der Waals surface area contributed by atoms with Gasteiger partial charge in [-0.05, 0) is 24.2 Å². The zero-order valence-corrected chi connectivity index (χ0v) is 11.5. The summed E-state index contributed by atoms with van der Waals surface area (Å²) >= 11 is 0. The second-order valence-corrected chi connectivity index (χ2v) is 4.47. The summed E-state index contributed by atoms with van der Waals surface area (Å²) < 4.78 is 6.42. The molecular formula is C12H19N3O4. The minimum absolute atomic E-state index is 0.142. The fourth-order valence-corrected chi connectivity index (χ4v) is 1.76. The lowest BCUT2D eigenvalue weighted by Crippen LogP contribution is -2.10. The summed E-state index contributed by atoms with van der Waals surface area (Å²) in [5, 5.41) is 14.7. The first-order valence-corrected chi connectivity index (χ1v) is 6.33. The van der Waals surface area contributed by atoms with Crippen molar-refractivity contribution in [2.24, 2.45) is 0 Å². The number of hydrogen-bond acceptors (Lipinski definition) is 5. The van der Waals surface area contributed by atoms with Gasteiger partial charge in [0.2, 0.25) is 0 Å². The number of hydrogen-bond donors (Lipinski definition) is 0. The highest BCUT2D eigenvalue weighted by atomic mass is 16.6. The van der Waals surface area contributed by atoms with E-state index in [1.807, 2.05) is 13.8 Å². The molecule has 1 heterocycles. The lowest BCUT2D eigenvalue weighted by atomic mass is 10.1. The molecule has 0 atom stereocenters. The van der Waals surface area contributed by atoms with Crippen molar-refractivity contribution in [1.82, 2.24) is 9.78 Å². The first-order chi connectivity index (χ1) is 8.95. The maximum absolute atomic E-state index is 11.2. The van der Waals surface area contributed by atoms with Crippen LogP contribution in [0, 0.1) is 10.1 Å². The lowest BCUT2D eigenvalue weighted by molar-refractivity contribution is -0.389. The van der Waals surface area contributed by atoms with Crippen molar-refractivity contribution in [2.75, 3.05) is 6.61 Å². The average Bonchev–Trinajstić information content (AvgIpc) is 2.74. The monoisotopic (exact) mass is 269 g/mol. The third-order valence-corrected chi connectivity index (χ3v) is 2.63. The van der Waals surface area contributed by atoms with Crippen molar-refractivity contribution in [2.45, 2.75) is 46.1 Å². The van der Waals surface area contributed by atoms with Gasteiger partial charge in [0.05, 0.1) is 30.0 Å². The van der Waals surface area contributed by atoms with Crippen molar-refractivity contribution >= 4 is 11.8 Å². The Bertz CT molecular complexity index is 454. The van der Waals surface area contributed by atoms with Gasteiger partial charge >= 0.3 is 11.8 Å². The largest absolute Gasteiger partial charge is 0.466 e. The summed E-state index contributed by atoms with van der Waals surface area (Å²) in [5.74, 6) is -0.265. The molecule has 0 saturated carbocycles. The Kier molecular flexibility index (Phi) is 5.47. The summed E-state index contributed by atoms with van der Waals surface area (Å²) in [4.78, 5) is 21.4. The molecule has 0 spiro atoms. The Balaban J connectivity index is 2.66.